The second-order valence-electron chi connectivity index (χ2n) is 3.27. The van der Waals surface area contributed by atoms with Crippen LogP contribution in [-0.2, 0) is 6.54 Å². The van der Waals surface area contributed by atoms with E-state index in [1.54, 1.807) is 6.20 Å². The van der Waals surface area contributed by atoms with E-state index in [1.165, 1.54) is 29.1 Å². The zero-order chi connectivity index (χ0) is 11.5. The molecule has 0 atom stereocenters. The average molecular weight is 236 g/mol. The van der Waals surface area contributed by atoms with Gasteiger partial charge in [-0.25, -0.2) is 4.39 Å². The molecule has 2 rings (SSSR count). The third-order valence-corrected chi connectivity index (χ3v) is 2.30. The summed E-state index contributed by atoms with van der Waals surface area (Å²) < 4.78 is 14.9. The summed E-state index contributed by atoms with van der Waals surface area (Å²) in [4.78, 5) is 0. The van der Waals surface area contributed by atoms with Crippen LogP contribution in [0.15, 0.2) is 30.6 Å². The predicted octanol–water partition coefficient (Wildman–Crippen LogP) is 2.60. The SMILES string of the molecule is N#Cc1ccc(F)c(Cn2cc(Cl)cn2)c1. The van der Waals surface area contributed by atoms with Crippen LogP contribution < -0.4 is 0 Å². The van der Waals surface area contributed by atoms with Crippen molar-refractivity contribution in [2.24, 2.45) is 0 Å². The molecule has 0 aliphatic rings. The van der Waals surface area contributed by atoms with Crippen molar-refractivity contribution in [3.05, 3.63) is 52.6 Å². The van der Waals surface area contributed by atoms with E-state index in [0.717, 1.165) is 0 Å². The Bertz CT molecular complexity index is 557. The van der Waals surface area contributed by atoms with Crippen molar-refractivity contribution in [3.8, 4) is 6.07 Å². The molecule has 0 aliphatic heterocycles. The van der Waals surface area contributed by atoms with Crippen LogP contribution in [0.1, 0.15) is 11.1 Å². The van der Waals surface area contributed by atoms with E-state index in [9.17, 15) is 4.39 Å². The van der Waals surface area contributed by atoms with E-state index < -0.39 is 0 Å². The lowest BCUT2D eigenvalue weighted by atomic mass is 10.1. The molecule has 0 bridgehead atoms. The summed E-state index contributed by atoms with van der Waals surface area (Å²) in [6, 6.07) is 6.18. The second kappa shape index (κ2) is 4.33. The molecular weight excluding hydrogens is 229 g/mol. The minimum Gasteiger partial charge on any atom is -0.267 e. The van der Waals surface area contributed by atoms with Crippen molar-refractivity contribution < 1.29 is 4.39 Å². The Morgan fingerprint density at radius 3 is 2.94 bits per heavy atom. The first-order chi connectivity index (χ1) is 7.69. The minimum absolute atomic E-state index is 0.258. The van der Waals surface area contributed by atoms with Crippen LogP contribution in [0.25, 0.3) is 0 Å². The Morgan fingerprint density at radius 2 is 2.31 bits per heavy atom. The average Bonchev–Trinajstić information content (AvgIpc) is 2.67. The molecule has 0 spiro atoms. The molecule has 1 aromatic heterocycles. The molecule has 0 fully saturated rings. The van der Waals surface area contributed by atoms with Gasteiger partial charge in [-0.05, 0) is 18.2 Å². The fourth-order valence-corrected chi connectivity index (χ4v) is 1.52. The highest BCUT2D eigenvalue weighted by Gasteiger charge is 2.05. The van der Waals surface area contributed by atoms with Gasteiger partial charge in [-0.2, -0.15) is 10.4 Å². The normalized spacial score (nSPS) is 10.1. The largest absolute Gasteiger partial charge is 0.267 e. The van der Waals surface area contributed by atoms with E-state index in [4.69, 9.17) is 16.9 Å². The summed E-state index contributed by atoms with van der Waals surface area (Å²) in [6.45, 7) is 0.258. The fraction of sp³-hybridized carbons (Fsp3) is 0.0909. The standard InChI is InChI=1S/C11H7ClFN3/c12-10-5-15-16(7-10)6-9-3-8(4-14)1-2-11(9)13/h1-3,5,7H,6H2. The molecule has 0 aliphatic carbocycles. The van der Waals surface area contributed by atoms with E-state index in [2.05, 4.69) is 5.10 Å². The van der Waals surface area contributed by atoms with Gasteiger partial charge < -0.3 is 0 Å². The first-order valence-electron chi connectivity index (χ1n) is 4.55. The molecule has 16 heavy (non-hydrogen) atoms. The van der Waals surface area contributed by atoms with Gasteiger partial charge in [0, 0.05) is 11.8 Å². The van der Waals surface area contributed by atoms with E-state index in [-0.39, 0.29) is 12.4 Å². The molecule has 1 heterocycles. The number of aromatic nitrogens is 2. The molecule has 1 aromatic carbocycles. The number of hydrogen-bond acceptors (Lipinski definition) is 2. The smallest absolute Gasteiger partial charge is 0.128 e. The summed E-state index contributed by atoms with van der Waals surface area (Å²) in [5.41, 5.74) is 0.841. The molecule has 2 aromatic rings. The summed E-state index contributed by atoms with van der Waals surface area (Å²) >= 11 is 5.70. The Morgan fingerprint density at radius 1 is 1.50 bits per heavy atom. The van der Waals surface area contributed by atoms with E-state index in [1.807, 2.05) is 6.07 Å². The van der Waals surface area contributed by atoms with Gasteiger partial charge in [0.05, 0.1) is 29.4 Å². The summed E-state index contributed by atoms with van der Waals surface area (Å²) in [7, 11) is 0. The third-order valence-electron chi connectivity index (χ3n) is 2.11. The van der Waals surface area contributed by atoms with Crippen LogP contribution in [0.3, 0.4) is 0 Å². The maximum absolute atomic E-state index is 13.4. The maximum Gasteiger partial charge on any atom is 0.128 e. The van der Waals surface area contributed by atoms with Crippen molar-refractivity contribution in [3.63, 3.8) is 0 Å². The summed E-state index contributed by atoms with van der Waals surface area (Å²) in [5, 5.41) is 13.1. The maximum atomic E-state index is 13.4. The van der Waals surface area contributed by atoms with Crippen LogP contribution in [0.5, 0.6) is 0 Å². The topological polar surface area (TPSA) is 41.6 Å². The van der Waals surface area contributed by atoms with Gasteiger partial charge in [-0.3, -0.25) is 4.68 Å². The summed E-state index contributed by atoms with van der Waals surface area (Å²) in [6.07, 6.45) is 3.08. The first kappa shape index (κ1) is 10.7. The zero-order valence-electron chi connectivity index (χ0n) is 8.19. The van der Waals surface area contributed by atoms with E-state index >= 15 is 0 Å². The third kappa shape index (κ3) is 2.20. The van der Waals surface area contributed by atoms with Crippen LogP contribution in [-0.4, -0.2) is 9.78 Å². The molecule has 0 N–H and O–H groups in total. The quantitative estimate of drug-likeness (QED) is 0.803. The molecule has 0 unspecified atom stereocenters. The Labute approximate surface area is 96.7 Å². The van der Waals surface area contributed by atoms with Crippen molar-refractivity contribution in [1.29, 1.82) is 5.26 Å². The van der Waals surface area contributed by atoms with Crippen molar-refractivity contribution >= 4 is 11.6 Å². The van der Waals surface area contributed by atoms with Gasteiger partial charge >= 0.3 is 0 Å². The molecule has 0 amide bonds. The number of rotatable bonds is 2. The Balaban J connectivity index is 2.30. The number of nitrogens with zero attached hydrogens (tertiary/aromatic N) is 3. The van der Waals surface area contributed by atoms with Gasteiger partial charge in [0.2, 0.25) is 0 Å². The molecule has 0 saturated heterocycles. The highest BCUT2D eigenvalue weighted by molar-refractivity contribution is 6.30. The lowest BCUT2D eigenvalue weighted by molar-refractivity contribution is 0.585. The molecule has 80 valence electrons. The molecule has 0 saturated carbocycles. The lowest BCUT2D eigenvalue weighted by Gasteiger charge is -2.03. The number of nitriles is 1. The Hall–Kier alpha value is -1.86. The van der Waals surface area contributed by atoms with Gasteiger partial charge in [0.25, 0.3) is 0 Å². The number of halogens is 2. The van der Waals surface area contributed by atoms with Crippen molar-refractivity contribution in [1.82, 2.24) is 9.78 Å². The van der Waals surface area contributed by atoms with E-state index in [0.29, 0.717) is 16.1 Å². The van der Waals surface area contributed by atoms with Crippen LogP contribution in [0.4, 0.5) is 4.39 Å². The van der Waals surface area contributed by atoms with Crippen molar-refractivity contribution in [2.75, 3.05) is 0 Å². The number of hydrogen-bond donors (Lipinski definition) is 0. The zero-order valence-corrected chi connectivity index (χ0v) is 8.95. The predicted molar refractivity (Wildman–Crippen MR) is 57.5 cm³/mol. The van der Waals surface area contributed by atoms with Gasteiger partial charge in [-0.15, -0.1) is 0 Å². The fourth-order valence-electron chi connectivity index (χ4n) is 1.36. The highest BCUT2D eigenvalue weighted by Crippen LogP contribution is 2.13. The van der Waals surface area contributed by atoms with Crippen LogP contribution in [0, 0.1) is 17.1 Å². The molecule has 0 radical (unpaired) electrons. The Kier molecular flexibility index (Phi) is 2.88. The second-order valence-corrected chi connectivity index (χ2v) is 3.71. The number of benzene rings is 1. The minimum atomic E-state index is -0.356. The van der Waals surface area contributed by atoms with Crippen LogP contribution >= 0.6 is 11.6 Å². The summed E-state index contributed by atoms with van der Waals surface area (Å²) in [5.74, 6) is -0.356. The van der Waals surface area contributed by atoms with Gasteiger partial charge in [0.1, 0.15) is 5.82 Å². The van der Waals surface area contributed by atoms with Crippen LogP contribution in [0.2, 0.25) is 5.02 Å². The first-order valence-corrected chi connectivity index (χ1v) is 4.93. The molecule has 5 heteroatoms. The molecule has 3 nitrogen and oxygen atoms in total. The molecular formula is C11H7ClFN3. The lowest BCUT2D eigenvalue weighted by Crippen LogP contribution is -2.02. The van der Waals surface area contributed by atoms with Gasteiger partial charge in [-0.1, -0.05) is 11.6 Å². The van der Waals surface area contributed by atoms with Gasteiger partial charge in [0.15, 0.2) is 0 Å². The van der Waals surface area contributed by atoms with Crippen molar-refractivity contribution in [2.45, 2.75) is 6.54 Å². The monoisotopic (exact) mass is 235 g/mol. The highest BCUT2D eigenvalue weighted by atomic mass is 35.5.